The molecule has 2 aromatic rings. The van der Waals surface area contributed by atoms with Gasteiger partial charge in [0.05, 0.1) is 13.7 Å². The number of fused-ring (bicyclic) bond motifs is 1. The summed E-state index contributed by atoms with van der Waals surface area (Å²) < 4.78 is 11.3. The van der Waals surface area contributed by atoms with Gasteiger partial charge in [-0.3, -0.25) is 4.79 Å². The SMILES string of the molecule is CCOc1c(CN(C)c2nc(C(C)C)nc3c2CCNC3=O)cccc1OC. The van der Waals surface area contributed by atoms with Crippen LogP contribution >= 0.6 is 0 Å². The molecule has 1 amide bonds. The molecule has 0 unspecified atom stereocenters. The van der Waals surface area contributed by atoms with Crippen molar-refractivity contribution in [3.8, 4) is 11.5 Å². The van der Waals surface area contributed by atoms with Crippen molar-refractivity contribution < 1.29 is 14.3 Å². The second-order valence-corrected chi connectivity index (χ2v) is 7.13. The predicted octanol–water partition coefficient (Wildman–Crippen LogP) is 2.93. The van der Waals surface area contributed by atoms with Crippen LogP contribution in [-0.4, -0.2) is 43.2 Å². The summed E-state index contributed by atoms with van der Waals surface area (Å²) in [7, 11) is 3.62. The van der Waals surface area contributed by atoms with Gasteiger partial charge < -0.3 is 19.7 Å². The van der Waals surface area contributed by atoms with E-state index in [2.05, 4.69) is 15.2 Å². The predicted molar refractivity (Wildman–Crippen MR) is 108 cm³/mol. The lowest BCUT2D eigenvalue weighted by molar-refractivity contribution is 0.0940. The maximum atomic E-state index is 12.4. The maximum absolute atomic E-state index is 12.4. The van der Waals surface area contributed by atoms with Gasteiger partial charge in [-0.25, -0.2) is 9.97 Å². The minimum atomic E-state index is -0.128. The molecule has 7 nitrogen and oxygen atoms in total. The summed E-state index contributed by atoms with van der Waals surface area (Å²) in [6.45, 7) is 7.74. The molecule has 1 aromatic carbocycles. The average Bonchev–Trinajstić information content (AvgIpc) is 2.68. The molecular weight excluding hydrogens is 356 g/mol. The monoisotopic (exact) mass is 384 g/mol. The van der Waals surface area contributed by atoms with Gasteiger partial charge in [-0.05, 0) is 19.4 Å². The number of carbonyl (C=O) groups excluding carboxylic acids is 1. The number of benzene rings is 1. The summed E-state index contributed by atoms with van der Waals surface area (Å²) in [6, 6.07) is 5.86. The number of anilines is 1. The molecule has 0 atom stereocenters. The van der Waals surface area contributed by atoms with Gasteiger partial charge in [0, 0.05) is 37.2 Å². The zero-order chi connectivity index (χ0) is 20.3. The van der Waals surface area contributed by atoms with E-state index in [0.29, 0.717) is 37.0 Å². The van der Waals surface area contributed by atoms with E-state index >= 15 is 0 Å². The van der Waals surface area contributed by atoms with Crippen molar-refractivity contribution in [2.75, 3.05) is 32.2 Å². The Morgan fingerprint density at radius 2 is 2.07 bits per heavy atom. The van der Waals surface area contributed by atoms with Gasteiger partial charge in [0.2, 0.25) is 0 Å². The number of aromatic nitrogens is 2. The molecule has 0 radical (unpaired) electrons. The number of rotatable bonds is 7. The third-order valence-electron chi connectivity index (χ3n) is 4.73. The largest absolute Gasteiger partial charge is 0.493 e. The minimum Gasteiger partial charge on any atom is -0.493 e. The summed E-state index contributed by atoms with van der Waals surface area (Å²) in [5, 5.41) is 2.88. The molecule has 2 heterocycles. The number of methoxy groups -OCH3 is 1. The maximum Gasteiger partial charge on any atom is 0.270 e. The number of hydrogen-bond acceptors (Lipinski definition) is 6. The molecule has 150 valence electrons. The number of nitrogens with zero attached hydrogens (tertiary/aromatic N) is 3. The summed E-state index contributed by atoms with van der Waals surface area (Å²) in [5.41, 5.74) is 2.39. The van der Waals surface area contributed by atoms with E-state index in [0.717, 1.165) is 29.1 Å². The fraction of sp³-hybridized carbons (Fsp3) is 0.476. The molecule has 7 heteroatoms. The van der Waals surface area contributed by atoms with E-state index in [4.69, 9.17) is 14.5 Å². The highest BCUT2D eigenvalue weighted by molar-refractivity contribution is 5.96. The van der Waals surface area contributed by atoms with E-state index in [1.807, 2.05) is 46.0 Å². The molecular formula is C21H28N4O3. The molecule has 3 rings (SSSR count). The number of hydrogen-bond donors (Lipinski definition) is 1. The third kappa shape index (κ3) is 3.88. The zero-order valence-corrected chi connectivity index (χ0v) is 17.2. The van der Waals surface area contributed by atoms with Crippen LogP contribution in [0.25, 0.3) is 0 Å². The fourth-order valence-electron chi connectivity index (χ4n) is 3.35. The molecule has 0 bridgehead atoms. The Kier molecular flexibility index (Phi) is 6.02. The van der Waals surface area contributed by atoms with Crippen LogP contribution in [0.2, 0.25) is 0 Å². The smallest absolute Gasteiger partial charge is 0.270 e. The molecule has 1 aliphatic heterocycles. The number of carbonyl (C=O) groups is 1. The molecule has 28 heavy (non-hydrogen) atoms. The summed E-state index contributed by atoms with van der Waals surface area (Å²) >= 11 is 0. The topological polar surface area (TPSA) is 76.6 Å². The summed E-state index contributed by atoms with van der Waals surface area (Å²) in [6.07, 6.45) is 0.718. The van der Waals surface area contributed by atoms with Crippen molar-refractivity contribution >= 4 is 11.7 Å². The lowest BCUT2D eigenvalue weighted by atomic mass is 10.0. The quantitative estimate of drug-likeness (QED) is 0.791. The summed E-state index contributed by atoms with van der Waals surface area (Å²) in [4.78, 5) is 23.7. The zero-order valence-electron chi connectivity index (χ0n) is 17.2. The Morgan fingerprint density at radius 1 is 1.29 bits per heavy atom. The minimum absolute atomic E-state index is 0.128. The van der Waals surface area contributed by atoms with Crippen molar-refractivity contribution in [1.82, 2.24) is 15.3 Å². The van der Waals surface area contributed by atoms with Crippen LogP contribution in [-0.2, 0) is 13.0 Å². The van der Waals surface area contributed by atoms with E-state index in [1.54, 1.807) is 7.11 Å². The van der Waals surface area contributed by atoms with Gasteiger partial charge in [-0.15, -0.1) is 0 Å². The van der Waals surface area contributed by atoms with Crippen LogP contribution in [0.4, 0.5) is 5.82 Å². The molecule has 0 saturated carbocycles. The first-order chi connectivity index (χ1) is 13.5. The molecule has 0 spiro atoms. The van der Waals surface area contributed by atoms with Crippen molar-refractivity contribution in [2.45, 2.75) is 39.7 Å². The van der Waals surface area contributed by atoms with Crippen LogP contribution in [0, 0.1) is 0 Å². The molecule has 1 N–H and O–H groups in total. The van der Waals surface area contributed by atoms with Crippen LogP contribution in [0.5, 0.6) is 11.5 Å². The highest BCUT2D eigenvalue weighted by Gasteiger charge is 2.26. The van der Waals surface area contributed by atoms with Gasteiger partial charge in [-0.2, -0.15) is 0 Å². The molecule has 1 aliphatic rings. The van der Waals surface area contributed by atoms with E-state index < -0.39 is 0 Å². The van der Waals surface area contributed by atoms with Gasteiger partial charge in [0.25, 0.3) is 5.91 Å². The Labute approximate surface area is 166 Å². The number of para-hydroxylation sites is 1. The first kappa shape index (κ1) is 19.9. The molecule has 0 saturated heterocycles. The number of ether oxygens (including phenoxy) is 2. The van der Waals surface area contributed by atoms with E-state index in [9.17, 15) is 4.79 Å². The van der Waals surface area contributed by atoms with Crippen molar-refractivity contribution in [3.63, 3.8) is 0 Å². The van der Waals surface area contributed by atoms with Crippen molar-refractivity contribution in [3.05, 3.63) is 40.8 Å². The third-order valence-corrected chi connectivity index (χ3v) is 4.73. The lowest BCUT2D eigenvalue weighted by Crippen LogP contribution is -2.35. The second kappa shape index (κ2) is 8.46. The van der Waals surface area contributed by atoms with Crippen LogP contribution in [0.3, 0.4) is 0 Å². The molecule has 0 aliphatic carbocycles. The Balaban J connectivity index is 2.02. The standard InChI is InChI=1S/C21H28N4O3/c1-6-28-18-14(8-7-9-16(18)27-5)12-25(4)20-15-10-11-22-21(26)17(15)23-19(24-20)13(2)3/h7-9,13H,6,10-12H2,1-5H3,(H,22,26). The van der Waals surface area contributed by atoms with Crippen LogP contribution < -0.4 is 19.7 Å². The Bertz CT molecular complexity index is 867. The van der Waals surface area contributed by atoms with Gasteiger partial charge in [0.15, 0.2) is 11.5 Å². The highest BCUT2D eigenvalue weighted by atomic mass is 16.5. The first-order valence-corrected chi connectivity index (χ1v) is 9.65. The average molecular weight is 384 g/mol. The van der Waals surface area contributed by atoms with Gasteiger partial charge >= 0.3 is 0 Å². The Hall–Kier alpha value is -2.83. The second-order valence-electron chi connectivity index (χ2n) is 7.13. The molecule has 1 aromatic heterocycles. The van der Waals surface area contributed by atoms with Crippen molar-refractivity contribution in [1.29, 1.82) is 0 Å². The summed E-state index contributed by atoms with van der Waals surface area (Å²) in [5.74, 6) is 2.92. The highest BCUT2D eigenvalue weighted by Crippen LogP contribution is 2.33. The van der Waals surface area contributed by atoms with Crippen LogP contribution in [0.1, 0.15) is 54.1 Å². The number of amides is 1. The first-order valence-electron chi connectivity index (χ1n) is 9.65. The normalized spacial score (nSPS) is 13.1. The van der Waals surface area contributed by atoms with E-state index in [1.165, 1.54) is 0 Å². The van der Waals surface area contributed by atoms with Crippen molar-refractivity contribution in [2.24, 2.45) is 0 Å². The fourth-order valence-corrected chi connectivity index (χ4v) is 3.35. The molecule has 0 fully saturated rings. The Morgan fingerprint density at radius 3 is 2.75 bits per heavy atom. The van der Waals surface area contributed by atoms with Gasteiger partial charge in [0.1, 0.15) is 17.3 Å². The van der Waals surface area contributed by atoms with E-state index in [-0.39, 0.29) is 11.8 Å². The number of nitrogens with one attached hydrogen (secondary N) is 1. The van der Waals surface area contributed by atoms with Crippen LogP contribution in [0.15, 0.2) is 18.2 Å². The van der Waals surface area contributed by atoms with Gasteiger partial charge in [-0.1, -0.05) is 26.0 Å². The lowest BCUT2D eigenvalue weighted by Gasteiger charge is -2.27.